The van der Waals surface area contributed by atoms with Gasteiger partial charge in [0, 0.05) is 11.1 Å². The third kappa shape index (κ3) is 4.12. The monoisotopic (exact) mass is 407 g/mol. The van der Waals surface area contributed by atoms with Crippen LogP contribution in [0.3, 0.4) is 0 Å². The van der Waals surface area contributed by atoms with Gasteiger partial charge in [0.05, 0.1) is 34.6 Å². The van der Waals surface area contributed by atoms with Crippen molar-refractivity contribution < 1.29 is 4.79 Å². The van der Waals surface area contributed by atoms with Crippen LogP contribution in [-0.2, 0) is 11.2 Å². The molecule has 1 aromatic carbocycles. The Hall–Kier alpha value is -2.22. The highest BCUT2D eigenvalue weighted by molar-refractivity contribution is 7.09. The number of hydrogen-bond donors (Lipinski definition) is 1. The number of hydrogen-bond acceptors (Lipinski definition) is 5. The summed E-state index contributed by atoms with van der Waals surface area (Å²) in [5, 5.41) is 11.9. The minimum absolute atomic E-state index is 0.182. The lowest BCUT2D eigenvalue weighted by Crippen LogP contribution is -2.19. The van der Waals surface area contributed by atoms with E-state index in [-0.39, 0.29) is 12.3 Å². The van der Waals surface area contributed by atoms with Crippen LogP contribution in [0, 0.1) is 13.8 Å². The van der Waals surface area contributed by atoms with Crippen LogP contribution in [0.5, 0.6) is 0 Å². The average Bonchev–Trinajstić information content (AvgIpc) is 3.12. The molecule has 0 spiro atoms. The van der Waals surface area contributed by atoms with Crippen LogP contribution in [0.25, 0.3) is 5.69 Å². The summed E-state index contributed by atoms with van der Waals surface area (Å²) in [6.45, 7) is 3.69. The lowest BCUT2D eigenvalue weighted by molar-refractivity contribution is -0.120. The molecule has 0 bridgehead atoms. The standard InChI is InChI=1S/C17H15Cl2N5OS/c1-10-9-26-16(21-10)7-15(25)22-20-8-12-11(2)23-24(17(12)19)14-6-4-3-5-13(14)18/h3-6,8-9H,7H2,1-2H3,(H,22,25)/b20-8-. The molecule has 134 valence electrons. The maximum absolute atomic E-state index is 11.9. The number of para-hydroxylation sites is 1. The topological polar surface area (TPSA) is 72.2 Å². The smallest absolute Gasteiger partial charge is 0.246 e. The van der Waals surface area contributed by atoms with E-state index in [0.29, 0.717) is 27.1 Å². The molecule has 0 saturated carbocycles. The van der Waals surface area contributed by atoms with E-state index in [1.807, 2.05) is 30.5 Å². The van der Waals surface area contributed by atoms with Crippen LogP contribution in [0.1, 0.15) is 22.0 Å². The largest absolute Gasteiger partial charge is 0.273 e. The van der Waals surface area contributed by atoms with Gasteiger partial charge in [-0.25, -0.2) is 15.1 Å². The van der Waals surface area contributed by atoms with Crippen molar-refractivity contribution in [3.63, 3.8) is 0 Å². The second kappa shape index (κ2) is 7.99. The summed E-state index contributed by atoms with van der Waals surface area (Å²) >= 11 is 14.1. The van der Waals surface area contributed by atoms with E-state index < -0.39 is 0 Å². The minimum atomic E-state index is -0.247. The third-order valence-electron chi connectivity index (χ3n) is 3.49. The number of nitrogens with zero attached hydrogens (tertiary/aromatic N) is 4. The van der Waals surface area contributed by atoms with Gasteiger partial charge in [0.1, 0.15) is 10.2 Å². The number of halogens is 2. The molecule has 1 amide bonds. The Bertz CT molecular complexity index is 979. The molecule has 26 heavy (non-hydrogen) atoms. The van der Waals surface area contributed by atoms with Crippen molar-refractivity contribution >= 4 is 46.7 Å². The predicted molar refractivity (Wildman–Crippen MR) is 105 cm³/mol. The zero-order valence-electron chi connectivity index (χ0n) is 14.0. The molecule has 0 aliphatic carbocycles. The number of carbonyl (C=O) groups excluding carboxylic acids is 1. The van der Waals surface area contributed by atoms with Crippen LogP contribution in [0.15, 0.2) is 34.7 Å². The average molecular weight is 408 g/mol. The summed E-state index contributed by atoms with van der Waals surface area (Å²) in [7, 11) is 0. The number of thiazole rings is 1. The van der Waals surface area contributed by atoms with Gasteiger partial charge in [-0.1, -0.05) is 35.3 Å². The summed E-state index contributed by atoms with van der Waals surface area (Å²) in [5.74, 6) is -0.247. The number of aromatic nitrogens is 3. The molecule has 0 saturated heterocycles. The van der Waals surface area contributed by atoms with Gasteiger partial charge in [0.15, 0.2) is 0 Å². The Kier molecular flexibility index (Phi) is 5.70. The predicted octanol–water partition coefficient (Wildman–Crippen LogP) is 3.95. The lowest BCUT2D eigenvalue weighted by Gasteiger charge is -2.04. The fourth-order valence-electron chi connectivity index (χ4n) is 2.27. The van der Waals surface area contributed by atoms with Crippen molar-refractivity contribution in [2.75, 3.05) is 0 Å². The first-order valence-electron chi connectivity index (χ1n) is 7.68. The van der Waals surface area contributed by atoms with E-state index in [0.717, 1.165) is 10.7 Å². The number of rotatable bonds is 5. The first-order valence-corrected chi connectivity index (χ1v) is 9.32. The zero-order valence-corrected chi connectivity index (χ0v) is 16.4. The van der Waals surface area contributed by atoms with Crippen molar-refractivity contribution in [1.82, 2.24) is 20.2 Å². The Morgan fingerprint density at radius 1 is 1.35 bits per heavy atom. The van der Waals surface area contributed by atoms with Crippen molar-refractivity contribution in [3.8, 4) is 5.69 Å². The van der Waals surface area contributed by atoms with Crippen LogP contribution < -0.4 is 5.43 Å². The molecule has 3 rings (SSSR count). The molecule has 0 unspecified atom stereocenters. The molecule has 0 aliphatic rings. The summed E-state index contributed by atoms with van der Waals surface area (Å²) in [5.41, 5.74) is 5.33. The third-order valence-corrected chi connectivity index (χ3v) is 5.14. The summed E-state index contributed by atoms with van der Waals surface area (Å²) < 4.78 is 1.54. The van der Waals surface area contributed by atoms with E-state index >= 15 is 0 Å². The Morgan fingerprint density at radius 3 is 2.81 bits per heavy atom. The number of nitrogens with one attached hydrogen (secondary N) is 1. The van der Waals surface area contributed by atoms with Gasteiger partial charge in [-0.05, 0) is 26.0 Å². The second-order valence-electron chi connectivity index (χ2n) is 5.51. The molecular weight excluding hydrogens is 393 g/mol. The Morgan fingerprint density at radius 2 is 2.12 bits per heavy atom. The van der Waals surface area contributed by atoms with Crippen LogP contribution in [0.2, 0.25) is 10.2 Å². The SMILES string of the molecule is Cc1csc(CC(=O)N/N=C\c2c(C)nn(-c3ccccc3Cl)c2Cl)n1. The van der Waals surface area contributed by atoms with Crippen molar-refractivity contribution in [2.45, 2.75) is 20.3 Å². The molecule has 1 N–H and O–H groups in total. The van der Waals surface area contributed by atoms with Gasteiger partial charge in [0.2, 0.25) is 5.91 Å². The van der Waals surface area contributed by atoms with E-state index in [1.54, 1.807) is 17.7 Å². The number of hydrazone groups is 1. The number of aryl methyl sites for hydroxylation is 2. The summed E-state index contributed by atoms with van der Waals surface area (Å²) in [6, 6.07) is 7.26. The summed E-state index contributed by atoms with van der Waals surface area (Å²) in [4.78, 5) is 16.2. The van der Waals surface area contributed by atoms with Crippen LogP contribution in [0.4, 0.5) is 0 Å². The van der Waals surface area contributed by atoms with Crippen LogP contribution >= 0.6 is 34.5 Å². The Balaban J connectivity index is 1.73. The molecule has 0 radical (unpaired) electrons. The molecule has 3 aromatic rings. The Labute approximate surface area is 164 Å². The molecule has 0 fully saturated rings. The van der Waals surface area contributed by atoms with E-state index in [1.165, 1.54) is 17.6 Å². The second-order valence-corrected chi connectivity index (χ2v) is 7.21. The fourth-order valence-corrected chi connectivity index (χ4v) is 3.57. The molecule has 2 heterocycles. The van der Waals surface area contributed by atoms with Crippen molar-refractivity contribution in [1.29, 1.82) is 0 Å². The number of benzene rings is 1. The highest BCUT2D eigenvalue weighted by atomic mass is 35.5. The van der Waals surface area contributed by atoms with Gasteiger partial charge >= 0.3 is 0 Å². The molecule has 9 heteroatoms. The quantitative estimate of drug-likeness (QED) is 0.513. The minimum Gasteiger partial charge on any atom is -0.273 e. The van der Waals surface area contributed by atoms with Gasteiger partial charge in [-0.2, -0.15) is 10.2 Å². The van der Waals surface area contributed by atoms with E-state index in [9.17, 15) is 4.79 Å². The first-order chi connectivity index (χ1) is 12.5. The van der Waals surface area contributed by atoms with Crippen molar-refractivity contribution in [2.24, 2.45) is 5.10 Å². The fraction of sp³-hybridized carbons (Fsp3) is 0.176. The molecule has 0 aliphatic heterocycles. The lowest BCUT2D eigenvalue weighted by atomic mass is 10.3. The van der Waals surface area contributed by atoms with Gasteiger partial charge < -0.3 is 0 Å². The van der Waals surface area contributed by atoms with Gasteiger partial charge in [-0.3, -0.25) is 4.79 Å². The number of carbonyl (C=O) groups is 1. The maximum Gasteiger partial charge on any atom is 0.246 e. The molecule has 0 atom stereocenters. The van der Waals surface area contributed by atoms with E-state index in [4.69, 9.17) is 23.2 Å². The maximum atomic E-state index is 11.9. The van der Waals surface area contributed by atoms with Crippen molar-refractivity contribution in [3.05, 3.63) is 61.8 Å². The molecule has 6 nitrogen and oxygen atoms in total. The normalized spacial score (nSPS) is 11.2. The molecular formula is C17H15Cl2N5OS. The first kappa shape index (κ1) is 18.6. The highest BCUT2D eigenvalue weighted by Crippen LogP contribution is 2.26. The van der Waals surface area contributed by atoms with E-state index in [2.05, 4.69) is 20.6 Å². The zero-order chi connectivity index (χ0) is 18.7. The molecule has 2 aromatic heterocycles. The van der Waals surface area contributed by atoms with Crippen LogP contribution in [-0.4, -0.2) is 26.9 Å². The summed E-state index contributed by atoms with van der Waals surface area (Å²) in [6.07, 6.45) is 1.66. The van der Waals surface area contributed by atoms with Gasteiger partial charge in [-0.15, -0.1) is 11.3 Å². The number of amides is 1. The van der Waals surface area contributed by atoms with Gasteiger partial charge in [0.25, 0.3) is 0 Å². The highest BCUT2D eigenvalue weighted by Gasteiger charge is 2.15.